The maximum absolute atomic E-state index is 12.9. The van der Waals surface area contributed by atoms with Gasteiger partial charge in [0.1, 0.15) is 23.0 Å². The van der Waals surface area contributed by atoms with Crippen LogP contribution in [0, 0.1) is 0 Å². The molecule has 13 nitrogen and oxygen atoms in total. The molecule has 13 heteroatoms. The highest BCUT2D eigenvalue weighted by Crippen LogP contribution is 2.23. The van der Waals surface area contributed by atoms with Crippen molar-refractivity contribution in [3.63, 3.8) is 0 Å². The van der Waals surface area contributed by atoms with Crippen molar-refractivity contribution in [3.05, 3.63) is 144 Å². The van der Waals surface area contributed by atoms with Crippen molar-refractivity contribution >= 4 is 42.1 Å². The molecule has 0 spiro atoms. The first-order valence-electron chi connectivity index (χ1n) is 19.9. The summed E-state index contributed by atoms with van der Waals surface area (Å²) in [5.74, 6) is -0.529. The summed E-state index contributed by atoms with van der Waals surface area (Å²) in [5, 5.41) is 8.16. The van der Waals surface area contributed by atoms with E-state index >= 15 is 0 Å². The topological polar surface area (TPSA) is 165 Å². The zero-order chi connectivity index (χ0) is 43.7. The lowest BCUT2D eigenvalue weighted by molar-refractivity contribution is -0.138. The standard InChI is InChI=1S/C48H50N2O11/c1-4-45(52)58-30-12-8-6-10-28-56-40-23-17-38(18-24-40)47(54)60-42-21-14-36(15-22-42)33-49-50-34-37-16-27-44(43(32-37)35(3)51)61-48(55)39-19-25-41(26-20-39)57-29-11-7-9-13-31-59-46(53)5-2/h4-5,14-27,32-34H,1-2,6-13,28-31H2,3H3/b49-33+,50-34+. The van der Waals surface area contributed by atoms with Crippen molar-refractivity contribution in [2.75, 3.05) is 26.4 Å². The average Bonchev–Trinajstić information content (AvgIpc) is 3.27. The fourth-order valence-electron chi connectivity index (χ4n) is 5.47. The summed E-state index contributed by atoms with van der Waals surface area (Å²) < 4.78 is 32.5. The van der Waals surface area contributed by atoms with Crippen LogP contribution >= 0.6 is 0 Å². The summed E-state index contributed by atoms with van der Waals surface area (Å²) in [4.78, 5) is 60.2. The molecule has 4 rings (SSSR count). The third kappa shape index (κ3) is 17.3. The van der Waals surface area contributed by atoms with E-state index in [1.807, 2.05) is 0 Å². The molecule has 318 valence electrons. The van der Waals surface area contributed by atoms with E-state index in [4.69, 9.17) is 28.4 Å². The van der Waals surface area contributed by atoms with Gasteiger partial charge in [-0.1, -0.05) is 13.2 Å². The van der Waals surface area contributed by atoms with Crippen molar-refractivity contribution in [1.82, 2.24) is 0 Å². The second-order valence-corrected chi connectivity index (χ2v) is 13.5. The van der Waals surface area contributed by atoms with Gasteiger partial charge in [-0.15, -0.1) is 0 Å². The van der Waals surface area contributed by atoms with E-state index in [1.165, 1.54) is 25.4 Å². The summed E-state index contributed by atoms with van der Waals surface area (Å²) in [6, 6.07) is 24.8. The number of rotatable bonds is 26. The molecule has 0 amide bonds. The van der Waals surface area contributed by atoms with E-state index in [9.17, 15) is 24.0 Å². The van der Waals surface area contributed by atoms with Crippen molar-refractivity contribution in [2.45, 2.75) is 58.3 Å². The van der Waals surface area contributed by atoms with Crippen LogP contribution in [0.5, 0.6) is 23.0 Å². The molecule has 61 heavy (non-hydrogen) atoms. The largest absolute Gasteiger partial charge is 0.494 e. The number of Topliss-reactive ketones (excluding diaryl/α,β-unsaturated/α-hetero) is 1. The number of ether oxygens (including phenoxy) is 6. The highest BCUT2D eigenvalue weighted by molar-refractivity contribution is 6.00. The van der Waals surface area contributed by atoms with Gasteiger partial charge < -0.3 is 28.4 Å². The number of hydrogen-bond acceptors (Lipinski definition) is 13. The second-order valence-electron chi connectivity index (χ2n) is 13.5. The van der Waals surface area contributed by atoms with Gasteiger partial charge in [0.05, 0.1) is 55.5 Å². The number of esters is 4. The maximum atomic E-state index is 12.9. The molecule has 0 atom stereocenters. The first-order valence-corrected chi connectivity index (χ1v) is 19.9. The fourth-order valence-corrected chi connectivity index (χ4v) is 5.47. The number of benzene rings is 4. The van der Waals surface area contributed by atoms with E-state index in [0.717, 1.165) is 63.5 Å². The smallest absolute Gasteiger partial charge is 0.343 e. The molecule has 0 aromatic heterocycles. The van der Waals surface area contributed by atoms with E-state index < -0.39 is 23.9 Å². The Morgan fingerprint density at radius 3 is 1.41 bits per heavy atom. The predicted octanol–water partition coefficient (Wildman–Crippen LogP) is 9.12. The summed E-state index contributed by atoms with van der Waals surface area (Å²) >= 11 is 0. The van der Waals surface area contributed by atoms with E-state index in [2.05, 4.69) is 23.4 Å². The molecule has 0 bridgehead atoms. The quantitative estimate of drug-likeness (QED) is 0.0113. The van der Waals surface area contributed by atoms with Crippen LogP contribution in [0.3, 0.4) is 0 Å². The SMILES string of the molecule is C=CC(=O)OCCCCCCOc1ccc(C(=O)Oc2ccc(/C=N/N=C/c3ccc(OC(=O)c4ccc(OCCCCCCOC(=O)C=C)cc4)c(C(C)=O)c3)cc2)cc1. The van der Waals surface area contributed by atoms with Crippen LogP contribution in [-0.2, 0) is 19.1 Å². The van der Waals surface area contributed by atoms with Crippen LogP contribution in [0.4, 0.5) is 0 Å². The maximum Gasteiger partial charge on any atom is 0.343 e. The highest BCUT2D eigenvalue weighted by Gasteiger charge is 2.15. The van der Waals surface area contributed by atoms with E-state index in [0.29, 0.717) is 65.9 Å². The zero-order valence-electron chi connectivity index (χ0n) is 34.3. The lowest BCUT2D eigenvalue weighted by Gasteiger charge is -2.10. The third-order valence-electron chi connectivity index (χ3n) is 8.77. The number of nitrogens with zero attached hydrogens (tertiary/aromatic N) is 2. The Hall–Kier alpha value is -7.15. The van der Waals surface area contributed by atoms with Gasteiger partial charge in [-0.25, -0.2) is 19.2 Å². The molecule has 0 aliphatic rings. The molecule has 0 aliphatic carbocycles. The van der Waals surface area contributed by atoms with Crippen LogP contribution in [0.15, 0.2) is 127 Å². The summed E-state index contributed by atoms with van der Waals surface area (Å²) in [6.45, 7) is 9.89. The van der Waals surface area contributed by atoms with Gasteiger partial charge in [0, 0.05) is 12.2 Å². The average molecular weight is 831 g/mol. The van der Waals surface area contributed by atoms with Crippen molar-refractivity contribution in [3.8, 4) is 23.0 Å². The highest BCUT2D eigenvalue weighted by atomic mass is 16.5. The van der Waals surface area contributed by atoms with Crippen LogP contribution in [0.2, 0.25) is 0 Å². The fraction of sp³-hybridized carbons (Fsp3) is 0.271. The Labute approximate surface area is 355 Å². The van der Waals surface area contributed by atoms with Crippen molar-refractivity contribution < 1.29 is 52.4 Å². The molecule has 0 saturated heterocycles. The number of carbonyl (C=O) groups is 5. The summed E-state index contributed by atoms with van der Waals surface area (Å²) in [6.07, 6.45) is 12.2. The normalized spacial score (nSPS) is 10.8. The Morgan fingerprint density at radius 1 is 0.508 bits per heavy atom. The molecular weight excluding hydrogens is 781 g/mol. The van der Waals surface area contributed by atoms with Crippen LogP contribution < -0.4 is 18.9 Å². The van der Waals surface area contributed by atoms with Gasteiger partial charge in [-0.05, 0) is 160 Å². The van der Waals surface area contributed by atoms with Gasteiger partial charge >= 0.3 is 23.9 Å². The number of ketones is 1. The first kappa shape index (κ1) is 46.5. The molecule has 4 aromatic carbocycles. The minimum absolute atomic E-state index is 0.117. The minimum Gasteiger partial charge on any atom is -0.494 e. The van der Waals surface area contributed by atoms with Crippen LogP contribution in [0.25, 0.3) is 0 Å². The van der Waals surface area contributed by atoms with Gasteiger partial charge in [-0.2, -0.15) is 10.2 Å². The molecule has 0 aliphatic heterocycles. The van der Waals surface area contributed by atoms with Crippen molar-refractivity contribution in [1.29, 1.82) is 0 Å². The Balaban J connectivity index is 1.17. The Morgan fingerprint density at radius 2 is 0.934 bits per heavy atom. The summed E-state index contributed by atoms with van der Waals surface area (Å²) in [5.41, 5.74) is 2.15. The molecule has 0 N–H and O–H groups in total. The molecule has 4 aromatic rings. The Kier molecular flexibility index (Phi) is 19.9. The predicted molar refractivity (Wildman–Crippen MR) is 231 cm³/mol. The zero-order valence-corrected chi connectivity index (χ0v) is 34.3. The number of hydrogen-bond donors (Lipinski definition) is 0. The van der Waals surface area contributed by atoms with Crippen LogP contribution in [0.1, 0.15) is 100 Å². The second kappa shape index (κ2) is 26.1. The molecular formula is C48H50N2O11. The monoisotopic (exact) mass is 830 g/mol. The van der Waals surface area contributed by atoms with Gasteiger partial charge in [-0.3, -0.25) is 4.79 Å². The molecule has 0 unspecified atom stereocenters. The van der Waals surface area contributed by atoms with Crippen LogP contribution in [-0.4, -0.2) is 68.5 Å². The van der Waals surface area contributed by atoms with E-state index in [1.54, 1.807) is 84.9 Å². The molecule has 0 fully saturated rings. The van der Waals surface area contributed by atoms with Gasteiger partial charge in [0.25, 0.3) is 0 Å². The van der Waals surface area contributed by atoms with E-state index in [-0.39, 0.29) is 17.1 Å². The first-order chi connectivity index (χ1) is 29.6. The lowest BCUT2D eigenvalue weighted by atomic mass is 10.1. The third-order valence-corrected chi connectivity index (χ3v) is 8.77. The Bertz CT molecular complexity index is 2140. The molecule has 0 radical (unpaired) electrons. The minimum atomic E-state index is -0.625. The number of unbranched alkanes of at least 4 members (excludes halogenated alkanes) is 6. The lowest BCUT2D eigenvalue weighted by Crippen LogP contribution is -2.11. The summed E-state index contributed by atoms with van der Waals surface area (Å²) in [7, 11) is 0. The number of carbonyl (C=O) groups excluding carboxylic acids is 5. The van der Waals surface area contributed by atoms with Gasteiger partial charge in [0.15, 0.2) is 5.78 Å². The molecule has 0 saturated carbocycles. The van der Waals surface area contributed by atoms with Crippen molar-refractivity contribution in [2.24, 2.45) is 10.2 Å². The van der Waals surface area contributed by atoms with Gasteiger partial charge in [0.2, 0.25) is 0 Å². The molecule has 0 heterocycles.